The van der Waals surface area contributed by atoms with Gasteiger partial charge in [0.2, 0.25) is 5.95 Å². The van der Waals surface area contributed by atoms with E-state index < -0.39 is 0 Å². The summed E-state index contributed by atoms with van der Waals surface area (Å²) in [5.41, 5.74) is 3.10. The number of halogens is 2. The number of rotatable bonds is 4. The van der Waals surface area contributed by atoms with Gasteiger partial charge in [-0.1, -0.05) is 53.0 Å². The standard InChI is InChI=1S/C17H15Cl2N5S/c1-11-2-4-12(5-3-11)9-24-10-20-16(23-24)22-17(25)21-13-6-7-14(18)15(19)8-13/h2-8,10H,9H2,1H3,(H2,21,22,23,25). The van der Waals surface area contributed by atoms with E-state index in [1.165, 1.54) is 5.56 Å². The fourth-order valence-corrected chi connectivity index (χ4v) is 2.65. The van der Waals surface area contributed by atoms with E-state index >= 15 is 0 Å². The highest BCUT2D eigenvalue weighted by molar-refractivity contribution is 7.80. The molecule has 25 heavy (non-hydrogen) atoms. The summed E-state index contributed by atoms with van der Waals surface area (Å²) in [5, 5.41) is 11.6. The van der Waals surface area contributed by atoms with Crippen LogP contribution < -0.4 is 10.6 Å². The Labute approximate surface area is 161 Å². The molecule has 3 aromatic rings. The van der Waals surface area contributed by atoms with Crippen LogP contribution in [0.2, 0.25) is 10.0 Å². The molecule has 0 radical (unpaired) electrons. The average molecular weight is 392 g/mol. The summed E-state index contributed by atoms with van der Waals surface area (Å²) in [6.45, 7) is 2.70. The van der Waals surface area contributed by atoms with Gasteiger partial charge < -0.3 is 5.32 Å². The van der Waals surface area contributed by atoms with Crippen molar-refractivity contribution in [3.8, 4) is 0 Å². The van der Waals surface area contributed by atoms with Crippen LogP contribution in [0.3, 0.4) is 0 Å². The first kappa shape index (κ1) is 17.7. The van der Waals surface area contributed by atoms with Gasteiger partial charge in [0.05, 0.1) is 16.6 Å². The maximum absolute atomic E-state index is 5.98. The Morgan fingerprint density at radius 1 is 1.08 bits per heavy atom. The van der Waals surface area contributed by atoms with Crippen LogP contribution >= 0.6 is 35.4 Å². The summed E-state index contributed by atoms with van der Waals surface area (Å²) in [5.74, 6) is 0.421. The van der Waals surface area contributed by atoms with Gasteiger partial charge in [-0.05, 0) is 42.9 Å². The van der Waals surface area contributed by atoms with Gasteiger partial charge in [0.15, 0.2) is 5.11 Å². The fraction of sp³-hybridized carbons (Fsp3) is 0.118. The van der Waals surface area contributed by atoms with E-state index in [4.69, 9.17) is 35.4 Å². The molecule has 0 amide bonds. The molecule has 0 spiro atoms. The number of hydrogen-bond donors (Lipinski definition) is 2. The van der Waals surface area contributed by atoms with Crippen molar-refractivity contribution in [2.45, 2.75) is 13.5 Å². The molecule has 0 aliphatic carbocycles. The third-order valence-electron chi connectivity index (χ3n) is 3.40. The third-order valence-corrected chi connectivity index (χ3v) is 4.35. The van der Waals surface area contributed by atoms with Gasteiger partial charge in [-0.15, -0.1) is 5.10 Å². The molecule has 3 rings (SSSR count). The molecule has 2 N–H and O–H groups in total. The highest BCUT2D eigenvalue weighted by atomic mass is 35.5. The lowest BCUT2D eigenvalue weighted by atomic mass is 10.1. The summed E-state index contributed by atoms with van der Waals surface area (Å²) >= 11 is 17.1. The third kappa shape index (κ3) is 4.92. The van der Waals surface area contributed by atoms with Gasteiger partial charge in [0, 0.05) is 5.69 Å². The quantitative estimate of drug-likeness (QED) is 0.628. The molecule has 0 aliphatic rings. The molecule has 0 saturated heterocycles. The number of nitrogens with one attached hydrogen (secondary N) is 2. The molecule has 1 aromatic heterocycles. The Hall–Kier alpha value is -2.15. The molecule has 128 valence electrons. The normalized spacial score (nSPS) is 10.5. The smallest absolute Gasteiger partial charge is 0.248 e. The average Bonchev–Trinajstić information content (AvgIpc) is 3.00. The van der Waals surface area contributed by atoms with Crippen molar-refractivity contribution in [1.82, 2.24) is 14.8 Å². The number of hydrogen-bond acceptors (Lipinski definition) is 3. The predicted molar refractivity (Wildman–Crippen MR) is 107 cm³/mol. The van der Waals surface area contributed by atoms with E-state index in [0.717, 1.165) is 11.3 Å². The molecule has 0 bridgehead atoms. The van der Waals surface area contributed by atoms with Crippen molar-refractivity contribution in [3.05, 3.63) is 70.0 Å². The molecule has 8 heteroatoms. The van der Waals surface area contributed by atoms with Crippen molar-refractivity contribution >= 4 is 52.2 Å². The van der Waals surface area contributed by atoms with Crippen molar-refractivity contribution in [2.75, 3.05) is 10.6 Å². The summed E-state index contributed by atoms with van der Waals surface area (Å²) in [6, 6.07) is 13.5. The van der Waals surface area contributed by atoms with Crippen LogP contribution in [0.25, 0.3) is 0 Å². The molecule has 0 saturated carbocycles. The van der Waals surface area contributed by atoms with Crippen LogP contribution in [0.4, 0.5) is 11.6 Å². The lowest BCUT2D eigenvalue weighted by Crippen LogP contribution is -2.20. The Morgan fingerprint density at radius 2 is 1.84 bits per heavy atom. The van der Waals surface area contributed by atoms with Crippen LogP contribution in [-0.2, 0) is 6.54 Å². The van der Waals surface area contributed by atoms with Crippen LogP contribution in [0.15, 0.2) is 48.8 Å². The molecule has 1 heterocycles. The molecule has 0 fully saturated rings. The first-order chi connectivity index (χ1) is 12.0. The van der Waals surface area contributed by atoms with Crippen molar-refractivity contribution in [2.24, 2.45) is 0 Å². The molecule has 5 nitrogen and oxygen atoms in total. The molecule has 2 aromatic carbocycles. The molecule has 0 atom stereocenters. The fourth-order valence-electron chi connectivity index (χ4n) is 2.15. The molecule has 0 aliphatic heterocycles. The lowest BCUT2D eigenvalue weighted by Gasteiger charge is -2.08. The topological polar surface area (TPSA) is 54.8 Å². The van der Waals surface area contributed by atoms with Crippen LogP contribution in [0, 0.1) is 6.92 Å². The minimum atomic E-state index is 0.367. The first-order valence-electron chi connectivity index (χ1n) is 7.47. The van der Waals surface area contributed by atoms with E-state index in [-0.39, 0.29) is 0 Å². The van der Waals surface area contributed by atoms with Gasteiger partial charge in [-0.25, -0.2) is 9.67 Å². The van der Waals surface area contributed by atoms with E-state index in [9.17, 15) is 0 Å². The maximum atomic E-state index is 5.98. The number of thiocarbonyl (C=S) groups is 1. The maximum Gasteiger partial charge on any atom is 0.248 e. The Bertz CT molecular complexity index is 892. The van der Waals surface area contributed by atoms with Gasteiger partial charge in [0.25, 0.3) is 0 Å². The minimum Gasteiger partial charge on any atom is -0.332 e. The minimum absolute atomic E-state index is 0.367. The lowest BCUT2D eigenvalue weighted by molar-refractivity contribution is 0.687. The Morgan fingerprint density at radius 3 is 2.56 bits per heavy atom. The van der Waals surface area contributed by atoms with Crippen LogP contribution in [-0.4, -0.2) is 19.9 Å². The van der Waals surface area contributed by atoms with Gasteiger partial charge in [-0.3, -0.25) is 5.32 Å². The second-order valence-electron chi connectivity index (χ2n) is 5.46. The Balaban J connectivity index is 1.59. The van der Waals surface area contributed by atoms with Crippen molar-refractivity contribution in [1.29, 1.82) is 0 Å². The second-order valence-corrected chi connectivity index (χ2v) is 6.68. The van der Waals surface area contributed by atoms with Gasteiger partial charge in [-0.2, -0.15) is 0 Å². The summed E-state index contributed by atoms with van der Waals surface area (Å²) in [4.78, 5) is 4.21. The zero-order valence-corrected chi connectivity index (χ0v) is 15.7. The summed E-state index contributed by atoms with van der Waals surface area (Å²) in [7, 11) is 0. The number of aromatic nitrogens is 3. The number of anilines is 2. The van der Waals surface area contributed by atoms with E-state index in [1.54, 1.807) is 29.2 Å². The van der Waals surface area contributed by atoms with Crippen LogP contribution in [0.1, 0.15) is 11.1 Å². The van der Waals surface area contributed by atoms with E-state index in [1.807, 2.05) is 0 Å². The van der Waals surface area contributed by atoms with Crippen molar-refractivity contribution < 1.29 is 0 Å². The number of benzene rings is 2. The highest BCUT2D eigenvalue weighted by Gasteiger charge is 2.06. The molecule has 0 unspecified atom stereocenters. The SMILES string of the molecule is Cc1ccc(Cn2cnc(NC(=S)Nc3ccc(Cl)c(Cl)c3)n2)cc1. The molecular weight excluding hydrogens is 377 g/mol. The second kappa shape index (κ2) is 7.82. The van der Waals surface area contributed by atoms with E-state index in [2.05, 4.69) is 51.9 Å². The number of nitrogens with zero attached hydrogens (tertiary/aromatic N) is 3. The van der Waals surface area contributed by atoms with Crippen LogP contribution in [0.5, 0.6) is 0 Å². The van der Waals surface area contributed by atoms with E-state index in [0.29, 0.717) is 27.7 Å². The first-order valence-corrected chi connectivity index (χ1v) is 8.64. The van der Waals surface area contributed by atoms with Crippen molar-refractivity contribution in [3.63, 3.8) is 0 Å². The Kier molecular flexibility index (Phi) is 5.53. The highest BCUT2D eigenvalue weighted by Crippen LogP contribution is 2.25. The largest absolute Gasteiger partial charge is 0.332 e. The zero-order chi connectivity index (χ0) is 17.8. The zero-order valence-electron chi connectivity index (χ0n) is 13.3. The summed E-state index contributed by atoms with van der Waals surface area (Å²) < 4.78 is 1.74. The number of aryl methyl sites for hydroxylation is 1. The monoisotopic (exact) mass is 391 g/mol. The predicted octanol–water partition coefficient (Wildman–Crippen LogP) is 4.75. The van der Waals surface area contributed by atoms with Gasteiger partial charge >= 0.3 is 0 Å². The van der Waals surface area contributed by atoms with Gasteiger partial charge in [0.1, 0.15) is 6.33 Å². The summed E-state index contributed by atoms with van der Waals surface area (Å²) in [6.07, 6.45) is 1.66. The molecular formula is C17H15Cl2N5S.